The summed E-state index contributed by atoms with van der Waals surface area (Å²) in [6.45, 7) is 8.97. The van der Waals surface area contributed by atoms with E-state index in [-0.39, 0.29) is 12.7 Å². The maximum atomic E-state index is 12.0. The van der Waals surface area contributed by atoms with Crippen LogP contribution in [-0.4, -0.2) is 36.1 Å². The molecular weight excluding hydrogens is 288 g/mol. The van der Waals surface area contributed by atoms with E-state index in [1.54, 1.807) is 0 Å². The van der Waals surface area contributed by atoms with Crippen LogP contribution in [0.15, 0.2) is 24.4 Å². The van der Waals surface area contributed by atoms with Gasteiger partial charge in [0.2, 0.25) is 0 Å². The molecule has 0 spiro atoms. The van der Waals surface area contributed by atoms with Crippen molar-refractivity contribution in [1.82, 2.24) is 9.47 Å². The lowest BCUT2D eigenvalue weighted by Crippen LogP contribution is -2.23. The third-order valence-corrected chi connectivity index (χ3v) is 3.89. The minimum absolute atomic E-state index is 0.179. The predicted molar refractivity (Wildman–Crippen MR) is 94.5 cm³/mol. The zero-order chi connectivity index (χ0) is 17.2. The highest BCUT2D eigenvalue weighted by Gasteiger charge is 2.23. The van der Waals surface area contributed by atoms with Crippen molar-refractivity contribution in [2.75, 3.05) is 20.6 Å². The van der Waals surface area contributed by atoms with Gasteiger partial charge in [0.05, 0.1) is 10.9 Å². The van der Waals surface area contributed by atoms with Crippen LogP contribution in [0.1, 0.15) is 31.9 Å². The number of aryl methyl sites for hydroxylation is 1. The van der Waals surface area contributed by atoms with E-state index >= 15 is 0 Å². The summed E-state index contributed by atoms with van der Waals surface area (Å²) < 4.78 is 7.51. The van der Waals surface area contributed by atoms with Gasteiger partial charge in [-0.05, 0) is 65.9 Å². The Bertz CT molecular complexity index is 693. The van der Waals surface area contributed by atoms with Gasteiger partial charge < -0.3 is 14.2 Å². The quantitative estimate of drug-likeness (QED) is 0.791. The van der Waals surface area contributed by atoms with Crippen molar-refractivity contribution in [3.05, 3.63) is 35.5 Å². The fraction of sp³-hybridized carbons (Fsp3) is 0.526. The summed E-state index contributed by atoms with van der Waals surface area (Å²) in [7, 11) is 4.16. The van der Waals surface area contributed by atoms with E-state index in [1.165, 1.54) is 16.5 Å². The van der Waals surface area contributed by atoms with Gasteiger partial charge in [0, 0.05) is 18.1 Å². The van der Waals surface area contributed by atoms with Crippen LogP contribution >= 0.6 is 0 Å². The van der Waals surface area contributed by atoms with Crippen LogP contribution in [0.25, 0.3) is 10.9 Å². The van der Waals surface area contributed by atoms with Crippen LogP contribution in [0, 0.1) is 12.3 Å². The smallest absolute Gasteiger partial charge is 0.312 e. The van der Waals surface area contributed by atoms with E-state index < -0.39 is 5.41 Å². The number of likely N-dealkylation sites (N-methyl/N-ethyl adjacent to an activating group) is 1. The maximum Gasteiger partial charge on any atom is 0.312 e. The monoisotopic (exact) mass is 316 g/mol. The molecule has 0 aliphatic carbocycles. The summed E-state index contributed by atoms with van der Waals surface area (Å²) in [5.74, 6) is -0.179. The summed E-state index contributed by atoms with van der Waals surface area (Å²) >= 11 is 0. The molecule has 0 atom stereocenters. The SMILES string of the molecule is Cc1ccc2c(c1)c(CCN(C)C)cn2COC(=O)C(C)(C)C. The Labute approximate surface area is 139 Å². The highest BCUT2D eigenvalue weighted by molar-refractivity contribution is 5.85. The number of nitrogens with zero attached hydrogens (tertiary/aromatic N) is 2. The number of aromatic nitrogens is 1. The van der Waals surface area contributed by atoms with Crippen molar-refractivity contribution in [2.45, 2.75) is 40.8 Å². The van der Waals surface area contributed by atoms with Crippen LogP contribution in [0.3, 0.4) is 0 Å². The zero-order valence-electron chi connectivity index (χ0n) is 15.1. The number of hydrogen-bond acceptors (Lipinski definition) is 3. The molecule has 2 rings (SSSR count). The highest BCUT2D eigenvalue weighted by Crippen LogP contribution is 2.24. The average Bonchev–Trinajstić information content (AvgIpc) is 2.78. The Morgan fingerprint density at radius 1 is 1.26 bits per heavy atom. The van der Waals surface area contributed by atoms with Gasteiger partial charge in [-0.15, -0.1) is 0 Å². The first-order valence-electron chi connectivity index (χ1n) is 8.09. The lowest BCUT2D eigenvalue weighted by atomic mass is 9.98. The first-order valence-corrected chi connectivity index (χ1v) is 8.09. The van der Waals surface area contributed by atoms with Gasteiger partial charge in [0.1, 0.15) is 0 Å². The van der Waals surface area contributed by atoms with Crippen molar-refractivity contribution >= 4 is 16.9 Å². The van der Waals surface area contributed by atoms with E-state index in [0.717, 1.165) is 18.5 Å². The third-order valence-electron chi connectivity index (χ3n) is 3.89. The first-order chi connectivity index (χ1) is 10.7. The van der Waals surface area contributed by atoms with Crippen molar-refractivity contribution in [1.29, 1.82) is 0 Å². The number of ether oxygens (including phenoxy) is 1. The molecule has 0 aliphatic rings. The summed E-state index contributed by atoms with van der Waals surface area (Å²) in [5, 5.41) is 1.25. The lowest BCUT2D eigenvalue weighted by Gasteiger charge is -2.17. The van der Waals surface area contributed by atoms with Crippen molar-refractivity contribution in [2.24, 2.45) is 5.41 Å². The van der Waals surface area contributed by atoms with Crippen LogP contribution in [0.4, 0.5) is 0 Å². The molecule has 4 nitrogen and oxygen atoms in total. The Morgan fingerprint density at radius 2 is 1.96 bits per heavy atom. The Hall–Kier alpha value is -1.81. The summed E-state index contributed by atoms with van der Waals surface area (Å²) in [5.41, 5.74) is 3.18. The maximum absolute atomic E-state index is 12.0. The fourth-order valence-electron chi connectivity index (χ4n) is 2.48. The standard InChI is InChI=1S/C19H28N2O2/c1-14-7-8-17-16(11-14)15(9-10-20(5)6)12-21(17)13-23-18(22)19(2,3)4/h7-8,11-12H,9-10,13H2,1-6H3. The van der Waals surface area contributed by atoms with E-state index in [4.69, 9.17) is 4.74 Å². The number of carbonyl (C=O) groups is 1. The van der Waals surface area contributed by atoms with Gasteiger partial charge in [0.25, 0.3) is 0 Å². The molecule has 0 N–H and O–H groups in total. The molecule has 0 saturated heterocycles. The summed E-state index contributed by atoms with van der Waals surface area (Å²) in [6.07, 6.45) is 3.09. The van der Waals surface area contributed by atoms with Gasteiger partial charge in [-0.2, -0.15) is 0 Å². The van der Waals surface area contributed by atoms with E-state index in [1.807, 2.05) is 25.3 Å². The van der Waals surface area contributed by atoms with Crippen molar-refractivity contribution in [3.63, 3.8) is 0 Å². The van der Waals surface area contributed by atoms with Gasteiger partial charge in [-0.3, -0.25) is 4.79 Å². The van der Waals surface area contributed by atoms with Gasteiger partial charge in [-0.25, -0.2) is 0 Å². The molecule has 1 aromatic heterocycles. The molecule has 0 radical (unpaired) electrons. The number of fused-ring (bicyclic) bond motifs is 1. The second kappa shape index (κ2) is 6.75. The second-order valence-corrected chi connectivity index (χ2v) is 7.51. The van der Waals surface area contributed by atoms with Crippen LogP contribution in [0.5, 0.6) is 0 Å². The highest BCUT2D eigenvalue weighted by atomic mass is 16.5. The van der Waals surface area contributed by atoms with Crippen molar-refractivity contribution < 1.29 is 9.53 Å². The largest absolute Gasteiger partial charge is 0.443 e. The van der Waals surface area contributed by atoms with E-state index in [0.29, 0.717) is 0 Å². The van der Waals surface area contributed by atoms with Gasteiger partial charge in [0.15, 0.2) is 6.73 Å². The molecule has 23 heavy (non-hydrogen) atoms. The molecule has 0 aliphatic heterocycles. The summed E-state index contributed by atoms with van der Waals surface area (Å²) in [6, 6.07) is 6.41. The minimum Gasteiger partial charge on any atom is -0.443 e. The van der Waals surface area contributed by atoms with E-state index in [9.17, 15) is 4.79 Å². The number of carbonyl (C=O) groups excluding carboxylic acids is 1. The molecule has 1 aromatic carbocycles. The number of esters is 1. The fourth-order valence-corrected chi connectivity index (χ4v) is 2.48. The lowest BCUT2D eigenvalue weighted by molar-refractivity contribution is -0.156. The van der Waals surface area contributed by atoms with Gasteiger partial charge >= 0.3 is 5.97 Å². The number of rotatable bonds is 5. The summed E-state index contributed by atoms with van der Waals surface area (Å²) in [4.78, 5) is 14.2. The molecule has 0 amide bonds. The number of benzene rings is 1. The molecular formula is C19H28N2O2. The minimum atomic E-state index is -0.479. The third kappa shape index (κ3) is 4.35. The molecule has 126 valence electrons. The van der Waals surface area contributed by atoms with Crippen molar-refractivity contribution in [3.8, 4) is 0 Å². The topological polar surface area (TPSA) is 34.5 Å². The molecule has 2 aromatic rings. The zero-order valence-corrected chi connectivity index (χ0v) is 15.1. The molecule has 0 fully saturated rings. The Morgan fingerprint density at radius 3 is 2.57 bits per heavy atom. The molecule has 0 bridgehead atoms. The molecule has 4 heteroatoms. The number of hydrogen-bond donors (Lipinski definition) is 0. The molecule has 1 heterocycles. The normalized spacial score (nSPS) is 12.1. The van der Waals surface area contributed by atoms with E-state index in [2.05, 4.69) is 50.3 Å². The first kappa shape index (κ1) is 17.5. The second-order valence-electron chi connectivity index (χ2n) is 7.51. The Kier molecular flexibility index (Phi) is 5.15. The van der Waals surface area contributed by atoms with Crippen LogP contribution < -0.4 is 0 Å². The van der Waals surface area contributed by atoms with Crippen LogP contribution in [-0.2, 0) is 22.7 Å². The molecule has 0 unspecified atom stereocenters. The van der Waals surface area contributed by atoms with Crippen LogP contribution in [0.2, 0.25) is 0 Å². The average molecular weight is 316 g/mol. The molecule has 0 saturated carbocycles. The predicted octanol–water partition coefficient (Wildman–Crippen LogP) is 3.60. The van der Waals surface area contributed by atoms with Gasteiger partial charge in [-0.1, -0.05) is 11.6 Å². The Balaban J connectivity index is 2.27.